The summed E-state index contributed by atoms with van der Waals surface area (Å²) in [5, 5.41) is 4.07. The largest absolute Gasteiger partial charge is 0.382 e. The molecule has 0 unspecified atom stereocenters. The van der Waals surface area contributed by atoms with Crippen LogP contribution in [0, 0.1) is 6.92 Å². The number of benzene rings is 1. The molecule has 0 aliphatic heterocycles. The molecule has 1 fully saturated rings. The van der Waals surface area contributed by atoms with Gasteiger partial charge in [0, 0.05) is 5.92 Å². The average molecular weight is 306 g/mol. The van der Waals surface area contributed by atoms with Crippen molar-refractivity contribution in [3.05, 3.63) is 35.9 Å². The molecule has 0 amide bonds. The maximum Gasteiger partial charge on any atom is 0.278 e. The predicted octanol–water partition coefficient (Wildman–Crippen LogP) is 2.70. The molecule has 1 aliphatic carbocycles. The average Bonchev–Trinajstić information content (AvgIpc) is 3.17. The summed E-state index contributed by atoms with van der Waals surface area (Å²) in [4.78, 5) is 13.6. The zero-order valence-corrected chi connectivity index (χ0v) is 12.5. The summed E-state index contributed by atoms with van der Waals surface area (Å²) in [6, 6.07) is 7.84. The van der Waals surface area contributed by atoms with Gasteiger partial charge in [0.15, 0.2) is 17.3 Å². The number of aromatic nitrogens is 5. The van der Waals surface area contributed by atoms with Crippen LogP contribution in [0.4, 0.5) is 5.82 Å². The van der Waals surface area contributed by atoms with Crippen molar-refractivity contribution in [2.75, 3.05) is 5.73 Å². The first-order valence-electron chi connectivity index (χ1n) is 7.59. The van der Waals surface area contributed by atoms with Crippen LogP contribution in [0.15, 0.2) is 28.8 Å². The monoisotopic (exact) mass is 306 g/mol. The second kappa shape index (κ2) is 4.28. The summed E-state index contributed by atoms with van der Waals surface area (Å²) in [6.07, 6.45) is 2.24. The van der Waals surface area contributed by atoms with E-state index in [1.54, 1.807) is 0 Å². The Morgan fingerprint density at radius 3 is 2.83 bits per heavy atom. The van der Waals surface area contributed by atoms with Crippen molar-refractivity contribution in [3.8, 4) is 11.6 Å². The SMILES string of the molecule is Cc1nc(-c2nc(C3CC3)no2)c2c(N)nc3ccccc3n12. The standard InChI is InChI=1S/C16H14N6O/c1-8-18-12(16-20-15(21-23-16)9-6-7-9)13-14(17)19-10-4-2-3-5-11(10)22(8)13/h2-5,9H,6-7H2,1H3,(H2,17,19). The van der Waals surface area contributed by atoms with Gasteiger partial charge in [0.05, 0.1) is 11.0 Å². The van der Waals surface area contributed by atoms with Crippen LogP contribution in [0.2, 0.25) is 0 Å². The molecule has 0 radical (unpaired) electrons. The number of imidazole rings is 1. The number of anilines is 1. The van der Waals surface area contributed by atoms with Gasteiger partial charge < -0.3 is 10.3 Å². The second-order valence-corrected chi connectivity index (χ2v) is 5.91. The van der Waals surface area contributed by atoms with E-state index < -0.39 is 0 Å². The summed E-state index contributed by atoms with van der Waals surface area (Å²) >= 11 is 0. The first kappa shape index (κ1) is 12.6. The summed E-state index contributed by atoms with van der Waals surface area (Å²) < 4.78 is 7.41. The number of hydrogen-bond donors (Lipinski definition) is 1. The van der Waals surface area contributed by atoms with E-state index in [-0.39, 0.29) is 0 Å². The molecule has 0 spiro atoms. The maximum absolute atomic E-state index is 6.19. The molecule has 4 aromatic rings. The number of para-hydroxylation sites is 2. The normalized spacial score (nSPS) is 14.8. The van der Waals surface area contributed by atoms with Crippen molar-refractivity contribution >= 4 is 22.4 Å². The lowest BCUT2D eigenvalue weighted by atomic mass is 10.2. The van der Waals surface area contributed by atoms with Gasteiger partial charge in [-0.2, -0.15) is 4.98 Å². The third-order valence-electron chi connectivity index (χ3n) is 4.24. The zero-order chi connectivity index (χ0) is 15.6. The Kier molecular flexibility index (Phi) is 2.34. The van der Waals surface area contributed by atoms with Crippen LogP contribution < -0.4 is 5.73 Å². The molecule has 7 nitrogen and oxygen atoms in total. The molecule has 0 saturated heterocycles. The molecular formula is C16H14N6O. The third-order valence-corrected chi connectivity index (χ3v) is 4.24. The minimum atomic E-state index is 0.404. The molecule has 2 N–H and O–H groups in total. The van der Waals surface area contributed by atoms with E-state index in [2.05, 4.69) is 20.1 Å². The Morgan fingerprint density at radius 1 is 1.17 bits per heavy atom. The second-order valence-electron chi connectivity index (χ2n) is 5.91. The molecular weight excluding hydrogens is 292 g/mol. The molecule has 114 valence electrons. The fourth-order valence-electron chi connectivity index (χ4n) is 2.98. The summed E-state index contributed by atoms with van der Waals surface area (Å²) in [5.74, 6) is 2.81. The van der Waals surface area contributed by atoms with Gasteiger partial charge >= 0.3 is 0 Å². The fraction of sp³-hybridized carbons (Fsp3) is 0.250. The summed E-state index contributed by atoms with van der Waals surface area (Å²) in [7, 11) is 0. The molecule has 1 aromatic carbocycles. The lowest BCUT2D eigenvalue weighted by molar-refractivity contribution is 0.422. The Bertz CT molecular complexity index is 1060. The molecule has 0 atom stereocenters. The number of hydrogen-bond acceptors (Lipinski definition) is 6. The van der Waals surface area contributed by atoms with E-state index in [1.165, 1.54) is 0 Å². The summed E-state index contributed by atoms with van der Waals surface area (Å²) in [5.41, 5.74) is 9.28. The van der Waals surface area contributed by atoms with Crippen LogP contribution in [0.3, 0.4) is 0 Å². The van der Waals surface area contributed by atoms with Crippen LogP contribution in [-0.4, -0.2) is 24.5 Å². The van der Waals surface area contributed by atoms with Crippen molar-refractivity contribution < 1.29 is 4.52 Å². The Labute approximate surface area is 131 Å². The van der Waals surface area contributed by atoms with Crippen LogP contribution in [-0.2, 0) is 0 Å². The van der Waals surface area contributed by atoms with E-state index in [0.29, 0.717) is 28.8 Å². The first-order chi connectivity index (χ1) is 11.2. The van der Waals surface area contributed by atoms with Crippen molar-refractivity contribution in [3.63, 3.8) is 0 Å². The van der Waals surface area contributed by atoms with E-state index in [9.17, 15) is 0 Å². The minimum absolute atomic E-state index is 0.404. The molecule has 3 heterocycles. The molecule has 1 aliphatic rings. The van der Waals surface area contributed by atoms with Gasteiger partial charge in [-0.15, -0.1) is 0 Å². The number of nitrogens with two attached hydrogens (primary N) is 1. The molecule has 3 aromatic heterocycles. The topological polar surface area (TPSA) is 95.1 Å². The predicted molar refractivity (Wildman–Crippen MR) is 84.9 cm³/mol. The molecule has 23 heavy (non-hydrogen) atoms. The number of nitrogens with zero attached hydrogens (tertiary/aromatic N) is 5. The Balaban J connectivity index is 1.83. The van der Waals surface area contributed by atoms with Crippen molar-refractivity contribution in [2.24, 2.45) is 0 Å². The smallest absolute Gasteiger partial charge is 0.278 e. The highest BCUT2D eigenvalue weighted by Crippen LogP contribution is 2.39. The van der Waals surface area contributed by atoms with Gasteiger partial charge in [-0.3, -0.25) is 4.40 Å². The van der Waals surface area contributed by atoms with E-state index in [4.69, 9.17) is 10.3 Å². The van der Waals surface area contributed by atoms with Crippen molar-refractivity contribution in [1.82, 2.24) is 24.5 Å². The van der Waals surface area contributed by atoms with E-state index in [1.807, 2.05) is 35.6 Å². The quantitative estimate of drug-likeness (QED) is 0.612. The number of aryl methyl sites for hydroxylation is 1. The maximum atomic E-state index is 6.19. The van der Waals surface area contributed by atoms with Gasteiger partial charge in [0.25, 0.3) is 5.89 Å². The number of rotatable bonds is 2. The lowest BCUT2D eigenvalue weighted by Crippen LogP contribution is -1.99. The fourth-order valence-corrected chi connectivity index (χ4v) is 2.98. The lowest BCUT2D eigenvalue weighted by Gasteiger charge is -2.05. The highest BCUT2D eigenvalue weighted by atomic mass is 16.5. The van der Waals surface area contributed by atoms with Gasteiger partial charge in [0.2, 0.25) is 0 Å². The van der Waals surface area contributed by atoms with Crippen molar-refractivity contribution in [1.29, 1.82) is 0 Å². The van der Waals surface area contributed by atoms with Gasteiger partial charge in [-0.1, -0.05) is 17.3 Å². The highest BCUT2D eigenvalue weighted by molar-refractivity contribution is 5.90. The molecule has 7 heteroatoms. The van der Waals surface area contributed by atoms with Crippen LogP contribution in [0.1, 0.15) is 30.4 Å². The Morgan fingerprint density at radius 2 is 2.00 bits per heavy atom. The number of fused-ring (bicyclic) bond motifs is 3. The van der Waals surface area contributed by atoms with E-state index in [0.717, 1.165) is 35.5 Å². The van der Waals surface area contributed by atoms with Gasteiger partial charge in [-0.25, -0.2) is 9.97 Å². The molecule has 5 rings (SSSR count). The van der Waals surface area contributed by atoms with Gasteiger partial charge in [0.1, 0.15) is 11.3 Å². The summed E-state index contributed by atoms with van der Waals surface area (Å²) in [6.45, 7) is 1.93. The number of nitrogen functional groups attached to an aromatic ring is 1. The first-order valence-corrected chi connectivity index (χ1v) is 7.59. The van der Waals surface area contributed by atoms with Crippen molar-refractivity contribution in [2.45, 2.75) is 25.7 Å². The Hall–Kier alpha value is -2.96. The highest BCUT2D eigenvalue weighted by Gasteiger charge is 2.30. The molecule has 1 saturated carbocycles. The minimum Gasteiger partial charge on any atom is -0.382 e. The van der Waals surface area contributed by atoms with Crippen LogP contribution >= 0.6 is 0 Å². The zero-order valence-electron chi connectivity index (χ0n) is 12.5. The van der Waals surface area contributed by atoms with Gasteiger partial charge in [-0.05, 0) is 31.9 Å². The third kappa shape index (κ3) is 1.76. The van der Waals surface area contributed by atoms with Crippen LogP contribution in [0.5, 0.6) is 0 Å². The van der Waals surface area contributed by atoms with Crippen LogP contribution in [0.25, 0.3) is 28.1 Å². The van der Waals surface area contributed by atoms with E-state index >= 15 is 0 Å². The molecule has 0 bridgehead atoms.